The number of hydrogen-bond donors (Lipinski definition) is 0. The summed E-state index contributed by atoms with van der Waals surface area (Å²) in [7, 11) is 2.90. The van der Waals surface area contributed by atoms with Gasteiger partial charge in [0.25, 0.3) is 5.56 Å². The van der Waals surface area contributed by atoms with Gasteiger partial charge in [-0.1, -0.05) is 73.7 Å². The Morgan fingerprint density at radius 3 is 2.58 bits per heavy atom. The van der Waals surface area contributed by atoms with Gasteiger partial charge in [-0.25, -0.2) is 9.79 Å². The molecule has 7 nitrogen and oxygen atoms in total. The van der Waals surface area contributed by atoms with Crippen LogP contribution in [0.1, 0.15) is 44.4 Å². The van der Waals surface area contributed by atoms with E-state index in [4.69, 9.17) is 14.2 Å². The second kappa shape index (κ2) is 12.1. The van der Waals surface area contributed by atoms with Crippen LogP contribution in [0.5, 0.6) is 11.5 Å². The summed E-state index contributed by atoms with van der Waals surface area (Å²) < 4.78 is 18.7. The highest BCUT2D eigenvalue weighted by molar-refractivity contribution is 7.07. The van der Waals surface area contributed by atoms with E-state index in [1.807, 2.05) is 60.7 Å². The van der Waals surface area contributed by atoms with Crippen LogP contribution < -0.4 is 24.4 Å². The van der Waals surface area contributed by atoms with E-state index in [-0.39, 0.29) is 5.56 Å². The van der Waals surface area contributed by atoms with Gasteiger partial charge in [0.2, 0.25) is 0 Å². The first-order valence-corrected chi connectivity index (χ1v) is 13.3. The monoisotopic (exact) mass is 532 g/mol. The van der Waals surface area contributed by atoms with Gasteiger partial charge in [0, 0.05) is 0 Å². The molecular weight excluding hydrogens is 500 g/mol. The molecule has 1 aromatic heterocycles. The van der Waals surface area contributed by atoms with Crippen molar-refractivity contribution in [3.63, 3.8) is 0 Å². The van der Waals surface area contributed by atoms with Crippen LogP contribution in [0, 0.1) is 5.92 Å². The Morgan fingerprint density at radius 2 is 1.89 bits per heavy atom. The van der Waals surface area contributed by atoms with Crippen molar-refractivity contribution >= 4 is 29.5 Å². The summed E-state index contributed by atoms with van der Waals surface area (Å²) in [5, 5.41) is 0. The van der Waals surface area contributed by atoms with Gasteiger partial charge in [-0.15, -0.1) is 0 Å². The number of fused-ring (bicyclic) bond motifs is 1. The lowest BCUT2D eigenvalue weighted by atomic mass is 9.95. The maximum Gasteiger partial charge on any atom is 0.338 e. The number of rotatable bonds is 9. The van der Waals surface area contributed by atoms with Crippen molar-refractivity contribution in [1.82, 2.24) is 4.57 Å². The Hall–Kier alpha value is -3.91. The lowest BCUT2D eigenvalue weighted by Crippen LogP contribution is -2.39. The molecule has 0 bridgehead atoms. The van der Waals surface area contributed by atoms with Crippen LogP contribution in [0.4, 0.5) is 0 Å². The van der Waals surface area contributed by atoms with Crippen LogP contribution in [0.2, 0.25) is 0 Å². The Morgan fingerprint density at radius 1 is 1.13 bits per heavy atom. The molecule has 0 N–H and O–H groups in total. The van der Waals surface area contributed by atoms with Crippen molar-refractivity contribution in [2.45, 2.75) is 33.2 Å². The summed E-state index contributed by atoms with van der Waals surface area (Å²) in [6.45, 7) is 6.60. The summed E-state index contributed by atoms with van der Waals surface area (Å²) in [6, 6.07) is 14.6. The summed E-state index contributed by atoms with van der Waals surface area (Å²) in [5.41, 5.74) is 2.30. The van der Waals surface area contributed by atoms with E-state index in [2.05, 4.69) is 18.8 Å². The number of carbonyl (C=O) groups excluding carboxylic acids is 1. The molecule has 2 aromatic carbocycles. The highest BCUT2D eigenvalue weighted by atomic mass is 32.1. The molecule has 1 aliphatic heterocycles. The quantitative estimate of drug-likeness (QED) is 0.379. The molecule has 0 aliphatic carbocycles. The number of methoxy groups -OCH3 is 2. The molecule has 38 heavy (non-hydrogen) atoms. The molecule has 198 valence electrons. The normalized spacial score (nSPS) is 15.5. The Kier molecular flexibility index (Phi) is 8.63. The zero-order valence-electron chi connectivity index (χ0n) is 22.3. The van der Waals surface area contributed by atoms with Crippen LogP contribution in [0.3, 0.4) is 0 Å². The molecule has 4 rings (SSSR count). The largest absolute Gasteiger partial charge is 0.493 e. The summed E-state index contributed by atoms with van der Waals surface area (Å²) in [4.78, 5) is 31.7. The molecule has 0 saturated carbocycles. The van der Waals surface area contributed by atoms with Crippen molar-refractivity contribution in [2.75, 3.05) is 20.8 Å². The Balaban J connectivity index is 1.80. The van der Waals surface area contributed by atoms with Crippen LogP contribution in [0.25, 0.3) is 12.2 Å². The number of hydrogen-bond acceptors (Lipinski definition) is 7. The van der Waals surface area contributed by atoms with Crippen molar-refractivity contribution in [3.05, 3.63) is 96.7 Å². The van der Waals surface area contributed by atoms with E-state index in [1.54, 1.807) is 24.7 Å². The van der Waals surface area contributed by atoms with E-state index < -0.39 is 12.0 Å². The lowest BCUT2D eigenvalue weighted by Gasteiger charge is -2.25. The van der Waals surface area contributed by atoms with Gasteiger partial charge in [0.1, 0.15) is 0 Å². The van der Waals surface area contributed by atoms with Gasteiger partial charge in [0.05, 0.1) is 42.7 Å². The van der Waals surface area contributed by atoms with E-state index in [0.29, 0.717) is 50.2 Å². The molecule has 0 spiro atoms. The average Bonchev–Trinajstić information content (AvgIpc) is 3.22. The number of esters is 1. The van der Waals surface area contributed by atoms with Crippen molar-refractivity contribution < 1.29 is 19.0 Å². The smallest absolute Gasteiger partial charge is 0.338 e. The topological polar surface area (TPSA) is 79.1 Å². The van der Waals surface area contributed by atoms with Crippen molar-refractivity contribution in [2.24, 2.45) is 10.9 Å². The Bertz CT molecular complexity index is 1550. The fourth-order valence-corrected chi connectivity index (χ4v) is 5.21. The third kappa shape index (κ3) is 5.81. The SMILES string of the molecule is COC(=O)C1=C(C)N=c2sc(=CC=Cc3ccccc3)c(=O)n2C1c1ccc(OCCC(C)C)c(OC)c1. The van der Waals surface area contributed by atoms with E-state index in [0.717, 1.165) is 12.0 Å². The fourth-order valence-electron chi connectivity index (χ4n) is 4.21. The molecule has 1 aliphatic rings. The predicted octanol–water partition coefficient (Wildman–Crippen LogP) is 4.51. The average molecular weight is 533 g/mol. The Labute approximate surface area is 226 Å². The van der Waals surface area contributed by atoms with Gasteiger partial charge in [-0.3, -0.25) is 9.36 Å². The summed E-state index contributed by atoms with van der Waals surface area (Å²) in [6.07, 6.45) is 6.47. The first kappa shape index (κ1) is 27.1. The molecule has 3 aromatic rings. The molecule has 0 radical (unpaired) electrons. The molecule has 1 unspecified atom stereocenters. The molecule has 0 fully saturated rings. The number of benzene rings is 2. The number of carbonyl (C=O) groups is 1. The minimum atomic E-state index is -0.724. The summed E-state index contributed by atoms with van der Waals surface area (Å²) >= 11 is 1.28. The zero-order chi connectivity index (χ0) is 27.2. The van der Waals surface area contributed by atoms with Gasteiger partial charge >= 0.3 is 5.97 Å². The van der Waals surface area contributed by atoms with Gasteiger partial charge in [-0.05, 0) is 48.6 Å². The standard InChI is InChI=1S/C30H32N2O5S/c1-19(2)16-17-37-23-15-14-22(18-24(23)35-4)27-26(29(34)36-5)20(3)31-30-32(27)28(33)25(38-30)13-9-12-21-10-7-6-8-11-21/h6-15,18-19,27H,16-17H2,1-5H3. The van der Waals surface area contributed by atoms with Gasteiger partial charge in [0.15, 0.2) is 16.3 Å². The molecule has 0 saturated heterocycles. The number of allylic oxidation sites excluding steroid dienone is 2. The first-order chi connectivity index (χ1) is 18.3. The number of aromatic nitrogens is 1. The van der Waals surface area contributed by atoms with Crippen molar-refractivity contribution in [3.8, 4) is 11.5 Å². The minimum Gasteiger partial charge on any atom is -0.493 e. The van der Waals surface area contributed by atoms with Crippen LogP contribution in [-0.2, 0) is 9.53 Å². The highest BCUT2D eigenvalue weighted by Gasteiger charge is 2.33. The van der Waals surface area contributed by atoms with Gasteiger partial charge in [-0.2, -0.15) is 0 Å². The second-order valence-electron chi connectivity index (χ2n) is 9.31. The lowest BCUT2D eigenvalue weighted by molar-refractivity contribution is -0.136. The van der Waals surface area contributed by atoms with Crippen molar-refractivity contribution in [1.29, 1.82) is 0 Å². The minimum absolute atomic E-state index is 0.235. The molecule has 1 atom stereocenters. The van der Waals surface area contributed by atoms with E-state index >= 15 is 0 Å². The number of thiazole rings is 1. The van der Waals surface area contributed by atoms with Crippen LogP contribution >= 0.6 is 11.3 Å². The third-order valence-electron chi connectivity index (χ3n) is 6.22. The predicted molar refractivity (Wildman–Crippen MR) is 150 cm³/mol. The third-order valence-corrected chi connectivity index (χ3v) is 7.22. The zero-order valence-corrected chi connectivity index (χ0v) is 23.1. The highest BCUT2D eigenvalue weighted by Crippen LogP contribution is 2.36. The molecule has 8 heteroatoms. The fraction of sp³-hybridized carbons (Fsp3) is 0.300. The van der Waals surface area contributed by atoms with Crippen LogP contribution in [0.15, 0.2) is 75.7 Å². The number of ether oxygens (including phenoxy) is 3. The number of nitrogens with zero attached hydrogens (tertiary/aromatic N) is 2. The van der Waals surface area contributed by atoms with E-state index in [1.165, 1.54) is 18.4 Å². The molecule has 2 heterocycles. The maximum absolute atomic E-state index is 13.6. The summed E-state index contributed by atoms with van der Waals surface area (Å²) in [5.74, 6) is 1.11. The van der Waals surface area contributed by atoms with Gasteiger partial charge < -0.3 is 14.2 Å². The molecule has 0 amide bonds. The molecular formula is C30H32N2O5S. The first-order valence-electron chi connectivity index (χ1n) is 12.5. The maximum atomic E-state index is 13.6. The second-order valence-corrected chi connectivity index (χ2v) is 10.3. The van der Waals surface area contributed by atoms with Crippen LogP contribution in [-0.4, -0.2) is 31.4 Å². The van der Waals surface area contributed by atoms with E-state index in [9.17, 15) is 9.59 Å².